The average Bonchev–Trinajstić information content (AvgIpc) is 0.648. The van der Waals surface area contributed by atoms with Crippen molar-refractivity contribution in [2.45, 2.75) is 209 Å². The van der Waals surface area contributed by atoms with Gasteiger partial charge in [0.25, 0.3) is 0 Å². The second kappa shape index (κ2) is 23.5. The third-order valence-corrected chi connectivity index (χ3v) is 18.1. The van der Waals surface area contributed by atoms with Crippen LogP contribution in [0.15, 0.2) is 0 Å². The van der Waals surface area contributed by atoms with Crippen LogP contribution in [0.3, 0.4) is 0 Å². The van der Waals surface area contributed by atoms with E-state index in [4.69, 9.17) is 28.4 Å². The van der Waals surface area contributed by atoms with Crippen LogP contribution in [0.1, 0.15) is 0 Å². The van der Waals surface area contributed by atoms with Gasteiger partial charge in [-0.05, 0) is 0 Å². The Morgan fingerprint density at radius 1 is 0.250 bits per heavy atom. The molecule has 42 nitrogen and oxygen atoms in total. The highest BCUT2D eigenvalue weighted by Crippen LogP contribution is 2.70. The molecule has 0 spiro atoms. The molecule has 6 heterocycles. The summed E-state index contributed by atoms with van der Waals surface area (Å²) < 4.78 is 29.6. The van der Waals surface area contributed by atoms with Gasteiger partial charge in [-0.2, -0.15) is 0 Å². The van der Waals surface area contributed by atoms with E-state index in [1.54, 1.807) is 0 Å². The largest absolute Gasteiger partial charge is 0.394 e. The van der Waals surface area contributed by atoms with Crippen LogP contribution in [0.2, 0.25) is 0 Å². The van der Waals surface area contributed by atoms with Gasteiger partial charge in [0.15, 0.2) is 99.4 Å². The van der Waals surface area contributed by atoms with Crippen molar-refractivity contribution in [3.8, 4) is 0 Å². The number of rotatable bonds is 17. The van der Waals surface area contributed by atoms with Crippen molar-refractivity contribution in [1.29, 1.82) is 0 Å². The third-order valence-electron chi connectivity index (χ3n) is 18.1. The zero-order valence-electron chi connectivity index (χ0n) is 42.9. The van der Waals surface area contributed by atoms with Crippen LogP contribution in [-0.4, -0.2) is 439 Å². The molecule has 0 amide bonds. The summed E-state index contributed by atoms with van der Waals surface area (Å²) in [5.74, 6) is 0. The lowest BCUT2D eigenvalue weighted by molar-refractivity contribution is -0.537. The maximum Gasteiger partial charge on any atom is 0.184 e. The van der Waals surface area contributed by atoms with Gasteiger partial charge in [-0.25, -0.2) is 0 Å². The normalized spacial score (nSPS) is 54.3. The van der Waals surface area contributed by atoms with E-state index in [1.807, 2.05) is 0 Å². The maximum absolute atomic E-state index is 15.2. The van der Waals surface area contributed by atoms with Crippen LogP contribution in [-0.2, 0) is 28.4 Å². The summed E-state index contributed by atoms with van der Waals surface area (Å²) in [5, 5.41) is 442. The number of aliphatic hydroxyl groups is 36. The number of hydrogen-bond donors (Lipinski definition) is 36. The molecule has 84 heavy (non-hydrogen) atoms. The molecule has 0 saturated carbocycles. The van der Waals surface area contributed by atoms with Gasteiger partial charge in [-0.1, -0.05) is 0 Å². The first-order valence-corrected chi connectivity index (χ1v) is 24.9. The van der Waals surface area contributed by atoms with E-state index >= 15 is 10.2 Å². The van der Waals surface area contributed by atoms with Gasteiger partial charge < -0.3 is 212 Å². The van der Waals surface area contributed by atoms with Crippen molar-refractivity contribution >= 4 is 0 Å². The molecule has 494 valence electrons. The highest BCUT2D eigenvalue weighted by atomic mass is 16.7. The Balaban J connectivity index is 2.23. The molecule has 0 aromatic heterocycles. The van der Waals surface area contributed by atoms with Gasteiger partial charge in [0.05, 0.1) is 46.2 Å². The predicted molar refractivity (Wildman–Crippen MR) is 241 cm³/mol. The number of aliphatic hydroxyl groups excluding tert-OH is 25. The molecule has 6 aliphatic rings. The average molecular weight is 1250 g/mol. The van der Waals surface area contributed by atoms with Crippen LogP contribution in [0.4, 0.5) is 0 Å². The lowest BCUT2D eigenvalue weighted by Gasteiger charge is -2.78. The highest BCUT2D eigenvalue weighted by Gasteiger charge is 3.01. The van der Waals surface area contributed by atoms with Crippen molar-refractivity contribution in [2.75, 3.05) is 46.2 Å². The summed E-state index contributed by atoms with van der Waals surface area (Å²) in [7, 11) is 0. The lowest BCUT2D eigenvalue weighted by atomic mass is 9.36. The van der Waals surface area contributed by atoms with Gasteiger partial charge in [0.2, 0.25) is 0 Å². The summed E-state index contributed by atoms with van der Waals surface area (Å²) in [6, 6.07) is 0. The molecule has 0 radical (unpaired) electrons. The first-order chi connectivity index (χ1) is 38.5. The summed E-state index contributed by atoms with van der Waals surface area (Å²) in [6.45, 7) is -18.3. The molecule has 42 heteroatoms. The van der Waals surface area contributed by atoms with Gasteiger partial charge in [-0.3, -0.25) is 0 Å². The first-order valence-electron chi connectivity index (χ1n) is 24.9. The van der Waals surface area contributed by atoms with Crippen LogP contribution in [0.25, 0.3) is 0 Å². The van der Waals surface area contributed by atoms with Crippen LogP contribution >= 0.6 is 0 Å². The molecule has 0 bridgehead atoms. The number of hydrogen-bond acceptors (Lipinski definition) is 42. The summed E-state index contributed by atoms with van der Waals surface area (Å²) in [4.78, 5) is 0. The molecule has 6 saturated heterocycles. The maximum atomic E-state index is 15.2. The van der Waals surface area contributed by atoms with Crippen molar-refractivity contribution in [3.63, 3.8) is 0 Å². The summed E-state index contributed by atoms with van der Waals surface area (Å²) in [5.41, 5.74) is -68.8. The van der Waals surface area contributed by atoms with Gasteiger partial charge >= 0.3 is 0 Å². The first kappa shape index (κ1) is 71.4. The molecule has 0 aliphatic carbocycles. The highest BCUT2D eigenvalue weighted by molar-refractivity contribution is 5.49. The van der Waals surface area contributed by atoms with E-state index in [0.717, 1.165) is 0 Å². The van der Waals surface area contributed by atoms with Gasteiger partial charge in [-0.15, -0.1) is 0 Å². The molecule has 6 aliphatic heterocycles. The fourth-order valence-electron chi connectivity index (χ4n) is 13.6. The Morgan fingerprint density at radius 2 is 0.429 bits per heavy atom. The van der Waals surface area contributed by atoms with E-state index in [0.29, 0.717) is 0 Å². The van der Waals surface area contributed by atoms with Crippen LogP contribution in [0.5, 0.6) is 0 Å². The predicted octanol–water partition coefficient (Wildman–Crippen LogP) is -24.4. The van der Waals surface area contributed by atoms with Crippen molar-refractivity contribution in [2.24, 2.45) is 0 Å². The Kier molecular flexibility index (Phi) is 20.0. The molecule has 6 rings (SSSR count). The van der Waals surface area contributed by atoms with E-state index in [2.05, 4.69) is 0 Å². The molecule has 0 aromatic rings. The molecule has 0 aromatic carbocycles. The van der Waals surface area contributed by atoms with Crippen molar-refractivity contribution < 1.29 is 212 Å². The minimum atomic E-state index is -7.25. The summed E-state index contributed by atoms with van der Waals surface area (Å²) in [6.07, 6.45) is -91.1. The Bertz CT molecular complexity index is 2200. The Hall–Kier alpha value is -1.68. The molecule has 36 N–H and O–H groups in total. The zero-order valence-corrected chi connectivity index (χ0v) is 42.9. The van der Waals surface area contributed by atoms with Crippen LogP contribution in [0, 0.1) is 0 Å². The topological polar surface area (TPSA) is 784 Å². The molecular formula is C42H74O42. The SMILES string of the molecule is OC[C@H]1OC(O)[C@H](O)[C@@H](O)[C@@]1(O)C(O)([C@]1(O)[C@H](O)[C@@H](O)C(O)O[C@@H]1CO)[C@](O)([C@]1(O)[C@H](O)[C@@H](O)C(O)O[C@@H]1CO)[C@](O)([C@]1(O)[C@H](O)[C@@H](O)C(O)O[C@@H]1CO)[C@](O)([C@]1(O)[C@H](O)[C@@H](O)C(O)O[C@@H]1CO)[C@](O)(CO)[C@@]1(O)[C@H](O)[C@@H](O)C(O)O[C@@H]1CO. The molecule has 6 unspecified atom stereocenters. The second-order valence-electron chi connectivity index (χ2n) is 21.6. The standard InChI is InChI=1S/C42H74O42/c43-1-8-33(69,20(56)14(50)26(62)79-8)32(68,7-49)39(75,34(70)9(2-44)80-27(63)15(51)21(34)57)41(77,37(73)12(5-47)83-30(66)18(54)24(37)60)42(78,38(74)13(6-48)84-31(67)19(55)25(38)61)40(76,35(71)10(3-45)81-28(64)16(52)22(35)58)36(72)11(4-46)82-29(65)17(53)23(36)59/h8-31,43-78H,1-7H2/t8-,9-,10-,11-,12-,13-,14-,15-,16-,17-,18-,19-,20-,21-,22-,23-,24-,25-,26?,27?,28?,29?,30?,31?,32+,33+,34-,35-,36-,37-,38-,39-,40?,41+,42-/m1/s1. The fourth-order valence-corrected chi connectivity index (χ4v) is 13.6. The molecular weight excluding hydrogens is 1180 g/mol. The summed E-state index contributed by atoms with van der Waals surface area (Å²) >= 11 is 0. The van der Waals surface area contributed by atoms with Crippen LogP contribution < -0.4 is 0 Å². The lowest BCUT2D eigenvalue weighted by Crippen LogP contribution is -3.08. The smallest absolute Gasteiger partial charge is 0.184 e. The number of ether oxygens (including phenoxy) is 6. The van der Waals surface area contributed by atoms with E-state index in [-0.39, 0.29) is 0 Å². The van der Waals surface area contributed by atoms with Crippen molar-refractivity contribution in [3.05, 3.63) is 0 Å². The quantitative estimate of drug-likeness (QED) is 0.0643. The van der Waals surface area contributed by atoms with E-state index in [1.165, 1.54) is 0 Å². The minimum Gasteiger partial charge on any atom is -0.394 e. The van der Waals surface area contributed by atoms with Gasteiger partial charge in [0, 0.05) is 0 Å². The zero-order chi connectivity index (χ0) is 64.5. The Morgan fingerprint density at radius 3 is 0.655 bits per heavy atom. The van der Waals surface area contributed by atoms with E-state index < -0.39 is 255 Å². The second-order valence-corrected chi connectivity index (χ2v) is 21.6. The molecule has 6 fully saturated rings. The fraction of sp³-hybridized carbons (Fsp3) is 1.00. The Labute approximate surface area is 467 Å². The minimum absolute atomic E-state index is 2.29. The van der Waals surface area contributed by atoms with Crippen molar-refractivity contribution in [1.82, 2.24) is 0 Å². The van der Waals surface area contributed by atoms with E-state index in [9.17, 15) is 174 Å². The molecule has 34 atom stereocenters. The third kappa shape index (κ3) is 8.26. The van der Waals surface area contributed by atoms with Gasteiger partial charge in [0.1, 0.15) is 110 Å². The monoisotopic (exact) mass is 1250 g/mol.